The molecule has 1 aromatic rings. The van der Waals surface area contributed by atoms with Gasteiger partial charge in [-0.05, 0) is 164 Å². The van der Waals surface area contributed by atoms with Crippen LogP contribution in [0.4, 0.5) is 0 Å². The fraction of sp³-hybridized carbons (Fsp3) is 0.478. The molecule has 0 aromatic heterocycles. The predicted octanol–water partition coefficient (Wildman–Crippen LogP) is 13.7. The van der Waals surface area contributed by atoms with Crippen molar-refractivity contribution in [3.05, 3.63) is 127 Å². The summed E-state index contributed by atoms with van der Waals surface area (Å²) in [6, 6.07) is 3.99. The van der Waals surface area contributed by atoms with Gasteiger partial charge >= 0.3 is 0 Å². The summed E-state index contributed by atoms with van der Waals surface area (Å²) in [4.78, 5) is 28.1. The number of carbonyl (C=O) groups excluding carboxylic acids is 2. The van der Waals surface area contributed by atoms with Crippen LogP contribution in [0.15, 0.2) is 105 Å². The summed E-state index contributed by atoms with van der Waals surface area (Å²) in [5.41, 5.74) is 14.0. The second-order valence-electron chi connectivity index (χ2n) is 14.7. The first-order valence-electron chi connectivity index (χ1n) is 18.2. The minimum absolute atomic E-state index is 0.00826. The minimum Gasteiger partial charge on any atom is -0.289 e. The van der Waals surface area contributed by atoms with Crippen LogP contribution in [0.1, 0.15) is 166 Å². The van der Waals surface area contributed by atoms with E-state index in [-0.39, 0.29) is 11.6 Å². The van der Waals surface area contributed by atoms with Crippen LogP contribution in [0.25, 0.3) is 0 Å². The Hall–Kier alpha value is -3.52. The third kappa shape index (κ3) is 13.9. The molecule has 0 spiro atoms. The SMILES string of the molecule is CC(C)=CCC/C(C)=C/CC/C(C)=C/CC1=C(C)C(=O)c2ccc(C/C=C(\C)CCC=C(C)C)c(C/C=C(\C)CCC=C(C)C)c2C1=O. The molecule has 0 N–H and O–H groups in total. The standard InChI is InChI=1S/C46H64O2/c1-32(2)16-12-19-35(7)22-15-23-38(10)25-29-41-39(11)45(47)43-31-28-40(27-24-36(8)20-13-17-33(3)4)42(44(43)46(41)48)30-26-37(9)21-14-18-34(5)6/h16-18,22,24-26,28,31H,12-15,19-21,23,27,29-30H2,1-11H3/b35-22+,36-24+,37-26+,38-25+. The highest BCUT2D eigenvalue weighted by Crippen LogP contribution is 2.34. The van der Waals surface area contributed by atoms with Gasteiger partial charge in [-0.3, -0.25) is 9.59 Å². The van der Waals surface area contributed by atoms with Gasteiger partial charge in [-0.15, -0.1) is 0 Å². The number of carbonyl (C=O) groups is 2. The van der Waals surface area contributed by atoms with Crippen molar-refractivity contribution in [2.75, 3.05) is 0 Å². The van der Waals surface area contributed by atoms with Crippen molar-refractivity contribution in [2.24, 2.45) is 0 Å². The van der Waals surface area contributed by atoms with E-state index < -0.39 is 0 Å². The molecule has 260 valence electrons. The first-order chi connectivity index (χ1) is 22.7. The van der Waals surface area contributed by atoms with E-state index in [0.29, 0.717) is 35.1 Å². The number of allylic oxidation sites excluding steroid dienone is 16. The Bertz CT molecular complexity index is 1540. The minimum atomic E-state index is -0.00826. The molecule has 0 fully saturated rings. The van der Waals surface area contributed by atoms with Gasteiger partial charge in [0.25, 0.3) is 0 Å². The van der Waals surface area contributed by atoms with Crippen molar-refractivity contribution in [3.8, 4) is 0 Å². The number of rotatable bonds is 18. The molecule has 48 heavy (non-hydrogen) atoms. The predicted molar refractivity (Wildman–Crippen MR) is 210 cm³/mol. The van der Waals surface area contributed by atoms with Crippen LogP contribution in [0.5, 0.6) is 0 Å². The van der Waals surface area contributed by atoms with Gasteiger partial charge in [0, 0.05) is 22.3 Å². The average molecular weight is 649 g/mol. The zero-order valence-corrected chi connectivity index (χ0v) is 32.3. The Kier molecular flexibility index (Phi) is 17.6. The highest BCUT2D eigenvalue weighted by atomic mass is 16.1. The molecule has 0 atom stereocenters. The quantitative estimate of drug-likeness (QED) is 0.148. The third-order valence-electron chi connectivity index (χ3n) is 9.23. The maximum atomic E-state index is 14.3. The van der Waals surface area contributed by atoms with Gasteiger partial charge in [0.1, 0.15) is 0 Å². The Labute approximate surface area is 294 Å². The van der Waals surface area contributed by atoms with Gasteiger partial charge in [0.2, 0.25) is 0 Å². The Morgan fingerprint density at radius 3 is 1.40 bits per heavy atom. The number of Topliss-reactive ketones (excluding diaryl/α,β-unsaturated/α-hetero) is 2. The summed E-state index contributed by atoms with van der Waals surface area (Å²) in [7, 11) is 0. The van der Waals surface area contributed by atoms with Crippen molar-refractivity contribution in [3.63, 3.8) is 0 Å². The zero-order chi connectivity index (χ0) is 35.8. The van der Waals surface area contributed by atoms with Crippen molar-refractivity contribution < 1.29 is 9.59 Å². The highest BCUT2D eigenvalue weighted by molar-refractivity contribution is 6.27. The molecule has 2 rings (SSSR count). The monoisotopic (exact) mass is 648 g/mol. The molecule has 0 saturated carbocycles. The van der Waals surface area contributed by atoms with Gasteiger partial charge in [-0.1, -0.05) is 87.6 Å². The molecule has 0 bridgehead atoms. The number of ketones is 2. The highest BCUT2D eigenvalue weighted by Gasteiger charge is 2.32. The van der Waals surface area contributed by atoms with E-state index in [1.54, 1.807) is 0 Å². The van der Waals surface area contributed by atoms with Gasteiger partial charge < -0.3 is 0 Å². The molecular weight excluding hydrogens is 585 g/mol. The summed E-state index contributed by atoms with van der Waals surface area (Å²) >= 11 is 0. The number of benzene rings is 1. The third-order valence-corrected chi connectivity index (χ3v) is 9.23. The molecular formula is C46H64O2. The van der Waals surface area contributed by atoms with E-state index in [2.05, 4.69) is 118 Å². The van der Waals surface area contributed by atoms with E-state index in [9.17, 15) is 9.59 Å². The molecule has 2 nitrogen and oxygen atoms in total. The smallest absolute Gasteiger partial charge is 0.190 e. The van der Waals surface area contributed by atoms with Crippen LogP contribution in [0.2, 0.25) is 0 Å². The van der Waals surface area contributed by atoms with Crippen LogP contribution in [-0.2, 0) is 12.8 Å². The topological polar surface area (TPSA) is 34.1 Å². The lowest BCUT2D eigenvalue weighted by Gasteiger charge is -2.23. The number of fused-ring (bicyclic) bond motifs is 1. The summed E-state index contributed by atoms with van der Waals surface area (Å²) < 4.78 is 0. The maximum absolute atomic E-state index is 14.3. The fourth-order valence-corrected chi connectivity index (χ4v) is 6.03. The van der Waals surface area contributed by atoms with E-state index in [4.69, 9.17) is 0 Å². The van der Waals surface area contributed by atoms with Crippen molar-refractivity contribution in [1.82, 2.24) is 0 Å². The molecule has 1 aliphatic carbocycles. The Balaban J connectivity index is 2.38. The van der Waals surface area contributed by atoms with Gasteiger partial charge in [-0.2, -0.15) is 0 Å². The summed E-state index contributed by atoms with van der Waals surface area (Å²) in [6.45, 7) is 23.4. The summed E-state index contributed by atoms with van der Waals surface area (Å²) in [5.74, 6) is 0.0175. The van der Waals surface area contributed by atoms with Crippen LogP contribution < -0.4 is 0 Å². The van der Waals surface area contributed by atoms with Crippen LogP contribution in [0, 0.1) is 0 Å². The molecule has 0 unspecified atom stereocenters. The van der Waals surface area contributed by atoms with E-state index in [1.807, 2.05) is 13.0 Å². The lowest BCUT2D eigenvalue weighted by atomic mass is 9.78. The van der Waals surface area contributed by atoms with E-state index in [1.165, 1.54) is 39.0 Å². The lowest BCUT2D eigenvalue weighted by molar-refractivity contribution is 0.0972. The van der Waals surface area contributed by atoms with Gasteiger partial charge in [0.05, 0.1) is 0 Å². The molecule has 1 aromatic carbocycles. The zero-order valence-electron chi connectivity index (χ0n) is 32.3. The van der Waals surface area contributed by atoms with Crippen molar-refractivity contribution >= 4 is 11.6 Å². The van der Waals surface area contributed by atoms with Crippen molar-refractivity contribution in [2.45, 2.75) is 147 Å². The van der Waals surface area contributed by atoms with E-state index in [0.717, 1.165) is 68.9 Å². The summed E-state index contributed by atoms with van der Waals surface area (Å²) in [6.07, 6.45) is 26.0. The van der Waals surface area contributed by atoms with E-state index >= 15 is 0 Å². The van der Waals surface area contributed by atoms with Crippen LogP contribution in [0.3, 0.4) is 0 Å². The Morgan fingerprint density at radius 1 is 0.500 bits per heavy atom. The second-order valence-corrected chi connectivity index (χ2v) is 14.7. The normalized spacial score (nSPS) is 14.3. The van der Waals surface area contributed by atoms with Crippen LogP contribution in [-0.4, -0.2) is 11.6 Å². The molecule has 0 amide bonds. The molecule has 2 heteroatoms. The molecule has 1 aliphatic rings. The molecule has 0 saturated heterocycles. The fourth-order valence-electron chi connectivity index (χ4n) is 6.03. The first kappa shape index (κ1) is 40.7. The van der Waals surface area contributed by atoms with Crippen LogP contribution >= 0.6 is 0 Å². The largest absolute Gasteiger partial charge is 0.289 e. The molecule has 0 aliphatic heterocycles. The maximum Gasteiger partial charge on any atom is 0.190 e. The molecule has 0 radical (unpaired) electrons. The number of hydrogen-bond donors (Lipinski definition) is 0. The average Bonchev–Trinajstić information content (AvgIpc) is 3.01. The first-order valence-corrected chi connectivity index (χ1v) is 18.2. The lowest BCUT2D eigenvalue weighted by Crippen LogP contribution is -2.23. The summed E-state index contributed by atoms with van der Waals surface area (Å²) in [5, 5.41) is 0. The molecule has 0 heterocycles. The van der Waals surface area contributed by atoms with Gasteiger partial charge in [-0.25, -0.2) is 0 Å². The Morgan fingerprint density at radius 2 is 0.917 bits per heavy atom. The second kappa shape index (κ2) is 20.8. The number of hydrogen-bond acceptors (Lipinski definition) is 2. The van der Waals surface area contributed by atoms with Gasteiger partial charge in [0.15, 0.2) is 11.6 Å². The van der Waals surface area contributed by atoms with Crippen molar-refractivity contribution in [1.29, 1.82) is 0 Å².